The number of benzene rings is 2. The second kappa shape index (κ2) is 5.68. The van der Waals surface area contributed by atoms with Crippen LogP contribution in [-0.2, 0) is 26.0 Å². The summed E-state index contributed by atoms with van der Waals surface area (Å²) in [5.74, 6) is 0.901. The Labute approximate surface area is 120 Å². The normalized spacial score (nSPS) is 13.3. The van der Waals surface area contributed by atoms with Gasteiger partial charge in [0.15, 0.2) is 0 Å². The van der Waals surface area contributed by atoms with Crippen molar-refractivity contribution in [3.63, 3.8) is 0 Å². The molecular formula is C18H21NO. The molecule has 0 atom stereocenters. The highest BCUT2D eigenvalue weighted by Crippen LogP contribution is 2.24. The summed E-state index contributed by atoms with van der Waals surface area (Å²) in [5, 5.41) is 0. The summed E-state index contributed by atoms with van der Waals surface area (Å²) in [7, 11) is 0. The molecule has 0 saturated heterocycles. The fourth-order valence-electron chi connectivity index (χ4n) is 2.88. The summed E-state index contributed by atoms with van der Waals surface area (Å²) < 4.78 is 5.95. The highest BCUT2D eigenvalue weighted by atomic mass is 16.5. The average Bonchev–Trinajstić information content (AvgIpc) is 2.93. The second-order valence-electron chi connectivity index (χ2n) is 5.56. The molecule has 0 fully saturated rings. The van der Waals surface area contributed by atoms with E-state index in [-0.39, 0.29) is 0 Å². The summed E-state index contributed by atoms with van der Waals surface area (Å²) in [4.78, 5) is 0. The maximum atomic E-state index is 5.95. The number of aryl methyl sites for hydroxylation is 3. The van der Waals surface area contributed by atoms with E-state index < -0.39 is 0 Å². The molecule has 0 aromatic heterocycles. The summed E-state index contributed by atoms with van der Waals surface area (Å²) in [5.41, 5.74) is 12.3. The predicted molar refractivity (Wildman–Crippen MR) is 81.9 cm³/mol. The number of ether oxygens (including phenoxy) is 1. The standard InChI is InChI=1S/C18H21NO/c1-13-5-8-18(17(9-13)11-19)20-12-14-6-7-15-3-2-4-16(15)10-14/h5-10H,2-4,11-12,19H2,1H3. The van der Waals surface area contributed by atoms with Crippen molar-refractivity contribution in [2.45, 2.75) is 39.3 Å². The van der Waals surface area contributed by atoms with Gasteiger partial charge < -0.3 is 10.5 Å². The molecular weight excluding hydrogens is 246 g/mol. The van der Waals surface area contributed by atoms with Crippen LogP contribution in [0.1, 0.15) is 34.2 Å². The van der Waals surface area contributed by atoms with E-state index in [0.29, 0.717) is 13.2 Å². The Hall–Kier alpha value is -1.80. The van der Waals surface area contributed by atoms with E-state index >= 15 is 0 Å². The van der Waals surface area contributed by atoms with Crippen molar-refractivity contribution in [1.82, 2.24) is 0 Å². The van der Waals surface area contributed by atoms with Gasteiger partial charge in [-0.1, -0.05) is 35.9 Å². The van der Waals surface area contributed by atoms with Crippen LogP contribution in [0.25, 0.3) is 0 Å². The molecule has 2 aromatic carbocycles. The van der Waals surface area contributed by atoms with E-state index in [1.54, 1.807) is 0 Å². The molecule has 20 heavy (non-hydrogen) atoms. The van der Waals surface area contributed by atoms with Gasteiger partial charge in [-0.2, -0.15) is 0 Å². The van der Waals surface area contributed by atoms with E-state index in [0.717, 1.165) is 11.3 Å². The third-order valence-electron chi connectivity index (χ3n) is 3.99. The molecule has 0 bridgehead atoms. The van der Waals surface area contributed by atoms with Crippen LogP contribution in [0.3, 0.4) is 0 Å². The third kappa shape index (κ3) is 2.70. The van der Waals surface area contributed by atoms with Crippen molar-refractivity contribution in [2.24, 2.45) is 5.73 Å². The largest absolute Gasteiger partial charge is 0.489 e. The Bertz CT molecular complexity index is 619. The lowest BCUT2D eigenvalue weighted by atomic mass is 10.1. The topological polar surface area (TPSA) is 35.2 Å². The van der Waals surface area contributed by atoms with Crippen molar-refractivity contribution in [2.75, 3.05) is 0 Å². The number of fused-ring (bicyclic) bond motifs is 1. The molecule has 1 aliphatic carbocycles. The first kappa shape index (κ1) is 13.2. The van der Waals surface area contributed by atoms with Gasteiger partial charge in [-0.15, -0.1) is 0 Å². The fourth-order valence-corrected chi connectivity index (χ4v) is 2.88. The summed E-state index contributed by atoms with van der Waals surface area (Å²) >= 11 is 0. The Morgan fingerprint density at radius 2 is 1.90 bits per heavy atom. The van der Waals surface area contributed by atoms with Crippen LogP contribution in [0.5, 0.6) is 5.75 Å². The molecule has 0 radical (unpaired) electrons. The molecule has 2 aromatic rings. The van der Waals surface area contributed by atoms with Crippen LogP contribution in [0.15, 0.2) is 36.4 Å². The van der Waals surface area contributed by atoms with Gasteiger partial charge in [0.2, 0.25) is 0 Å². The Balaban J connectivity index is 1.73. The predicted octanol–water partition coefficient (Wildman–Crippen LogP) is 3.52. The maximum absolute atomic E-state index is 5.95. The zero-order valence-electron chi connectivity index (χ0n) is 12.0. The van der Waals surface area contributed by atoms with Crippen LogP contribution >= 0.6 is 0 Å². The molecule has 0 spiro atoms. The molecule has 2 N–H and O–H groups in total. The second-order valence-corrected chi connectivity index (χ2v) is 5.56. The quantitative estimate of drug-likeness (QED) is 0.920. The molecule has 1 aliphatic rings. The lowest BCUT2D eigenvalue weighted by Gasteiger charge is -2.12. The van der Waals surface area contributed by atoms with E-state index in [1.807, 2.05) is 6.07 Å². The lowest BCUT2D eigenvalue weighted by molar-refractivity contribution is 0.303. The summed E-state index contributed by atoms with van der Waals surface area (Å²) in [6.45, 7) is 3.20. The number of hydrogen-bond donors (Lipinski definition) is 1. The molecule has 0 heterocycles. The van der Waals surface area contributed by atoms with E-state index in [9.17, 15) is 0 Å². The minimum Gasteiger partial charge on any atom is -0.489 e. The third-order valence-corrected chi connectivity index (χ3v) is 3.99. The fraction of sp³-hybridized carbons (Fsp3) is 0.333. The minimum atomic E-state index is 0.515. The van der Waals surface area contributed by atoms with Gasteiger partial charge in [0, 0.05) is 12.1 Å². The first-order valence-corrected chi connectivity index (χ1v) is 7.29. The van der Waals surface area contributed by atoms with Gasteiger partial charge in [-0.05, 0) is 48.9 Å². The first-order valence-electron chi connectivity index (χ1n) is 7.29. The van der Waals surface area contributed by atoms with Crippen molar-refractivity contribution in [3.05, 3.63) is 64.2 Å². The van der Waals surface area contributed by atoms with Crippen molar-refractivity contribution in [3.8, 4) is 5.75 Å². The van der Waals surface area contributed by atoms with Gasteiger partial charge in [0.25, 0.3) is 0 Å². The zero-order valence-corrected chi connectivity index (χ0v) is 12.0. The van der Waals surface area contributed by atoms with E-state index in [2.05, 4.69) is 37.3 Å². The molecule has 0 aliphatic heterocycles. The highest BCUT2D eigenvalue weighted by molar-refractivity contribution is 5.38. The molecule has 0 saturated carbocycles. The van der Waals surface area contributed by atoms with Crippen LogP contribution < -0.4 is 10.5 Å². The van der Waals surface area contributed by atoms with E-state index in [4.69, 9.17) is 10.5 Å². The Kier molecular flexibility index (Phi) is 3.75. The monoisotopic (exact) mass is 267 g/mol. The van der Waals surface area contributed by atoms with Gasteiger partial charge >= 0.3 is 0 Å². The molecule has 0 amide bonds. The lowest BCUT2D eigenvalue weighted by Crippen LogP contribution is -2.03. The first-order chi connectivity index (χ1) is 9.76. The molecule has 2 nitrogen and oxygen atoms in total. The molecule has 0 unspecified atom stereocenters. The smallest absolute Gasteiger partial charge is 0.124 e. The zero-order chi connectivity index (χ0) is 13.9. The van der Waals surface area contributed by atoms with Crippen molar-refractivity contribution >= 4 is 0 Å². The average molecular weight is 267 g/mol. The molecule has 104 valence electrons. The van der Waals surface area contributed by atoms with Gasteiger partial charge in [0.05, 0.1) is 0 Å². The highest BCUT2D eigenvalue weighted by Gasteiger charge is 2.11. The summed E-state index contributed by atoms with van der Waals surface area (Å²) in [6, 6.07) is 12.9. The summed E-state index contributed by atoms with van der Waals surface area (Å²) in [6.07, 6.45) is 3.72. The molecule has 3 rings (SSSR count). The Morgan fingerprint density at radius 3 is 2.75 bits per heavy atom. The van der Waals surface area contributed by atoms with Gasteiger partial charge in [0.1, 0.15) is 12.4 Å². The maximum Gasteiger partial charge on any atom is 0.124 e. The number of rotatable bonds is 4. The van der Waals surface area contributed by atoms with Gasteiger partial charge in [-0.3, -0.25) is 0 Å². The van der Waals surface area contributed by atoms with Crippen molar-refractivity contribution in [1.29, 1.82) is 0 Å². The minimum absolute atomic E-state index is 0.515. The van der Waals surface area contributed by atoms with Crippen LogP contribution in [0.4, 0.5) is 0 Å². The van der Waals surface area contributed by atoms with E-state index in [1.165, 1.54) is 41.5 Å². The molecule has 2 heteroatoms. The van der Waals surface area contributed by atoms with Gasteiger partial charge in [-0.25, -0.2) is 0 Å². The van der Waals surface area contributed by atoms with Crippen LogP contribution in [0, 0.1) is 6.92 Å². The number of hydrogen-bond acceptors (Lipinski definition) is 2. The Morgan fingerprint density at radius 1 is 1.05 bits per heavy atom. The SMILES string of the molecule is Cc1ccc(OCc2ccc3c(c2)CCC3)c(CN)c1. The number of nitrogens with two attached hydrogens (primary N) is 1. The van der Waals surface area contributed by atoms with Crippen LogP contribution in [-0.4, -0.2) is 0 Å². The van der Waals surface area contributed by atoms with Crippen LogP contribution in [0.2, 0.25) is 0 Å². The van der Waals surface area contributed by atoms with Crippen molar-refractivity contribution < 1.29 is 4.74 Å².